The van der Waals surface area contributed by atoms with E-state index in [9.17, 15) is 9.59 Å². The summed E-state index contributed by atoms with van der Waals surface area (Å²) in [5.74, 6) is 0. The fourth-order valence-corrected chi connectivity index (χ4v) is 8.03. The van der Waals surface area contributed by atoms with Crippen molar-refractivity contribution < 1.29 is 9.59 Å². The number of urea groups is 2. The lowest BCUT2D eigenvalue weighted by atomic mass is 10.0. The van der Waals surface area contributed by atoms with Crippen LogP contribution in [0, 0.1) is 0 Å². The number of carbonyl (C=O) groups excluding carboxylic acids is 2. The van der Waals surface area contributed by atoms with E-state index in [1.807, 2.05) is 0 Å². The average molecular weight is 817 g/mol. The fraction of sp³-hybridized carbons (Fsp3) is 0.736. The molecule has 0 fully saturated rings. The Bertz CT molecular complexity index is 1140. The second-order valence-corrected chi connectivity index (χ2v) is 17.6. The van der Waals surface area contributed by atoms with E-state index in [0.29, 0.717) is 13.1 Å². The van der Waals surface area contributed by atoms with Crippen molar-refractivity contribution in [1.29, 1.82) is 0 Å². The molecule has 0 aliphatic heterocycles. The van der Waals surface area contributed by atoms with Crippen LogP contribution in [0.15, 0.2) is 48.5 Å². The van der Waals surface area contributed by atoms with Crippen molar-refractivity contribution >= 4 is 12.1 Å². The Balaban J connectivity index is 1.39. The summed E-state index contributed by atoms with van der Waals surface area (Å²) in [7, 11) is 0. The first-order chi connectivity index (χ1) is 29.1. The number of unbranched alkanes of at least 4 members (excludes halogenated alkanes) is 30. The molecule has 4 amide bonds. The highest BCUT2D eigenvalue weighted by atomic mass is 16.2. The van der Waals surface area contributed by atoms with Crippen molar-refractivity contribution in [3.8, 4) is 0 Å². The largest absolute Gasteiger partial charge is 0.338 e. The topological polar surface area (TPSA) is 82.3 Å². The van der Waals surface area contributed by atoms with Gasteiger partial charge in [-0.3, -0.25) is 0 Å². The van der Waals surface area contributed by atoms with E-state index in [4.69, 9.17) is 0 Å². The van der Waals surface area contributed by atoms with E-state index in [0.717, 1.165) is 43.5 Å². The van der Waals surface area contributed by atoms with Crippen molar-refractivity contribution in [2.24, 2.45) is 0 Å². The van der Waals surface area contributed by atoms with Crippen LogP contribution >= 0.6 is 0 Å². The number of benzene rings is 2. The lowest BCUT2D eigenvalue weighted by Gasteiger charge is -2.10. The fourth-order valence-electron chi connectivity index (χ4n) is 8.03. The number of rotatable bonds is 40. The Morgan fingerprint density at radius 3 is 0.780 bits per heavy atom. The van der Waals surface area contributed by atoms with Crippen LogP contribution in [0.5, 0.6) is 0 Å². The molecule has 59 heavy (non-hydrogen) atoms. The third-order valence-electron chi connectivity index (χ3n) is 12.0. The van der Waals surface area contributed by atoms with Gasteiger partial charge in [0.1, 0.15) is 0 Å². The molecular weight excluding hydrogens is 725 g/mol. The van der Waals surface area contributed by atoms with Crippen molar-refractivity contribution in [1.82, 2.24) is 21.3 Å². The van der Waals surface area contributed by atoms with Crippen molar-refractivity contribution in [3.05, 3.63) is 70.8 Å². The average Bonchev–Trinajstić information content (AvgIpc) is 3.25. The van der Waals surface area contributed by atoms with Gasteiger partial charge in [0.15, 0.2) is 0 Å². The maximum absolute atomic E-state index is 12.3. The third-order valence-corrected chi connectivity index (χ3v) is 12.0. The monoisotopic (exact) mass is 817 g/mol. The van der Waals surface area contributed by atoms with Crippen LogP contribution in [0.2, 0.25) is 0 Å². The molecule has 336 valence electrons. The van der Waals surface area contributed by atoms with Crippen molar-refractivity contribution in [2.75, 3.05) is 13.1 Å². The summed E-state index contributed by atoms with van der Waals surface area (Å²) in [6.45, 7) is 7.11. The van der Waals surface area contributed by atoms with Gasteiger partial charge in [0, 0.05) is 26.2 Å². The van der Waals surface area contributed by atoms with Gasteiger partial charge in [-0.1, -0.05) is 255 Å². The predicted octanol–water partition coefficient (Wildman–Crippen LogP) is 15.4. The molecule has 0 atom stereocenters. The Morgan fingerprint density at radius 2 is 0.525 bits per heavy atom. The molecule has 2 aromatic carbocycles. The SMILES string of the molecule is CCCCCCCCCCCCCCCCCCNC(=O)NCc1ccc(Cc2ccc(CNC(=O)NCCCCCCCCCCCCCCCCCC)cc2)cc1. The Labute approximate surface area is 364 Å². The standard InChI is InChI=1S/C53H92N4O2/c1-3-5-7-9-11-13-15-17-19-21-23-25-27-29-31-33-43-54-52(58)56-46-50-39-35-48(36-40-50)45-49-37-41-51(42-38-49)47-57-53(59)55-44-34-32-30-28-26-24-22-20-18-16-14-12-10-8-6-4-2/h35-42H,3-34,43-47H2,1-2H3,(H2,54,56,58)(H2,55,57,59). The Kier molecular flexibility index (Phi) is 34.6. The minimum absolute atomic E-state index is 0.0856. The highest BCUT2D eigenvalue weighted by Crippen LogP contribution is 2.16. The van der Waals surface area contributed by atoms with Gasteiger partial charge in [-0.15, -0.1) is 0 Å². The van der Waals surface area contributed by atoms with E-state index < -0.39 is 0 Å². The summed E-state index contributed by atoms with van der Waals surface area (Å²) in [6.07, 6.45) is 44.3. The van der Waals surface area contributed by atoms with Gasteiger partial charge in [0.05, 0.1) is 0 Å². The zero-order valence-electron chi connectivity index (χ0n) is 38.6. The zero-order valence-corrected chi connectivity index (χ0v) is 38.6. The summed E-state index contributed by atoms with van der Waals surface area (Å²) in [5, 5.41) is 12.0. The number of hydrogen-bond acceptors (Lipinski definition) is 2. The Hall–Kier alpha value is -3.02. The number of nitrogens with one attached hydrogen (secondary N) is 4. The molecule has 0 unspecified atom stereocenters. The van der Waals surface area contributed by atoms with Crippen LogP contribution in [-0.2, 0) is 19.5 Å². The van der Waals surface area contributed by atoms with E-state index >= 15 is 0 Å². The molecule has 0 aromatic heterocycles. The maximum Gasteiger partial charge on any atom is 0.315 e. The van der Waals surface area contributed by atoms with Crippen LogP contribution in [0.25, 0.3) is 0 Å². The van der Waals surface area contributed by atoms with Gasteiger partial charge in [0.2, 0.25) is 0 Å². The third kappa shape index (κ3) is 32.4. The van der Waals surface area contributed by atoms with Crippen molar-refractivity contribution in [2.45, 2.75) is 239 Å². The quantitative estimate of drug-likeness (QED) is 0.0505. The van der Waals surface area contributed by atoms with E-state index in [1.165, 1.54) is 204 Å². The minimum atomic E-state index is -0.0856. The molecular formula is C53H92N4O2. The summed E-state index contributed by atoms with van der Waals surface area (Å²) in [4.78, 5) is 24.6. The summed E-state index contributed by atoms with van der Waals surface area (Å²) in [6, 6.07) is 16.8. The van der Waals surface area contributed by atoms with Crippen LogP contribution in [-0.4, -0.2) is 25.2 Å². The maximum atomic E-state index is 12.3. The number of carbonyl (C=O) groups is 2. The number of hydrogen-bond donors (Lipinski definition) is 4. The van der Waals surface area contributed by atoms with Gasteiger partial charge in [-0.2, -0.15) is 0 Å². The highest BCUT2D eigenvalue weighted by molar-refractivity contribution is 5.74. The van der Waals surface area contributed by atoms with Gasteiger partial charge < -0.3 is 21.3 Å². The van der Waals surface area contributed by atoms with Crippen LogP contribution in [0.3, 0.4) is 0 Å². The molecule has 2 aromatic rings. The molecule has 2 rings (SSSR count). The molecule has 6 nitrogen and oxygen atoms in total. The van der Waals surface area contributed by atoms with Gasteiger partial charge >= 0.3 is 12.1 Å². The molecule has 0 heterocycles. The highest BCUT2D eigenvalue weighted by Gasteiger charge is 2.04. The lowest BCUT2D eigenvalue weighted by Crippen LogP contribution is -2.35. The van der Waals surface area contributed by atoms with E-state index in [1.54, 1.807) is 0 Å². The van der Waals surface area contributed by atoms with Gasteiger partial charge in [0.25, 0.3) is 0 Å². The molecule has 6 heteroatoms. The molecule has 0 saturated heterocycles. The lowest BCUT2D eigenvalue weighted by molar-refractivity contribution is 0.239. The van der Waals surface area contributed by atoms with Crippen LogP contribution < -0.4 is 21.3 Å². The van der Waals surface area contributed by atoms with Gasteiger partial charge in [-0.05, 0) is 41.5 Å². The van der Waals surface area contributed by atoms with E-state index in [2.05, 4.69) is 83.6 Å². The minimum Gasteiger partial charge on any atom is -0.338 e. The second kappa shape index (κ2) is 39.1. The summed E-state index contributed by atoms with van der Waals surface area (Å²) >= 11 is 0. The predicted molar refractivity (Wildman–Crippen MR) is 255 cm³/mol. The molecule has 0 bridgehead atoms. The second-order valence-electron chi connectivity index (χ2n) is 17.6. The zero-order chi connectivity index (χ0) is 42.1. The van der Waals surface area contributed by atoms with E-state index in [-0.39, 0.29) is 12.1 Å². The first kappa shape index (κ1) is 52.1. The molecule has 0 radical (unpaired) electrons. The smallest absolute Gasteiger partial charge is 0.315 e. The first-order valence-electron chi connectivity index (χ1n) is 25.3. The molecule has 0 saturated carbocycles. The molecule has 0 aliphatic carbocycles. The van der Waals surface area contributed by atoms with Crippen molar-refractivity contribution in [3.63, 3.8) is 0 Å². The molecule has 0 spiro atoms. The normalized spacial score (nSPS) is 11.2. The van der Waals surface area contributed by atoms with Crippen LogP contribution in [0.1, 0.15) is 242 Å². The Morgan fingerprint density at radius 1 is 0.305 bits per heavy atom. The molecule has 4 N–H and O–H groups in total. The summed E-state index contributed by atoms with van der Waals surface area (Å²) in [5.41, 5.74) is 4.67. The number of amides is 4. The first-order valence-corrected chi connectivity index (χ1v) is 25.3. The molecule has 0 aliphatic rings. The summed E-state index contributed by atoms with van der Waals surface area (Å²) < 4.78 is 0. The van der Waals surface area contributed by atoms with Crippen LogP contribution in [0.4, 0.5) is 9.59 Å². The van der Waals surface area contributed by atoms with Gasteiger partial charge in [-0.25, -0.2) is 9.59 Å².